The van der Waals surface area contributed by atoms with E-state index in [-0.39, 0.29) is 0 Å². The number of nitrogens with one attached hydrogen (secondary N) is 1. The summed E-state index contributed by atoms with van der Waals surface area (Å²) in [6.07, 6.45) is 11.3. The van der Waals surface area contributed by atoms with Gasteiger partial charge < -0.3 is 11.1 Å². The molecule has 0 aromatic carbocycles. The summed E-state index contributed by atoms with van der Waals surface area (Å²) in [7, 11) is 0. The van der Waals surface area contributed by atoms with Crippen LogP contribution in [0.3, 0.4) is 0 Å². The molecule has 0 saturated heterocycles. The van der Waals surface area contributed by atoms with Crippen molar-refractivity contribution in [1.82, 2.24) is 10.2 Å². The first-order chi connectivity index (χ1) is 16.9. The van der Waals surface area contributed by atoms with Crippen molar-refractivity contribution in [2.24, 2.45) is 4.99 Å². The lowest BCUT2D eigenvalue weighted by Gasteiger charge is -2.12. The predicted molar refractivity (Wildman–Crippen MR) is 155 cm³/mol. The molecule has 0 atom stereocenters. The number of allylic oxidation sites excluding steroid dienone is 7. The summed E-state index contributed by atoms with van der Waals surface area (Å²) in [5.41, 5.74) is 10.4. The quantitative estimate of drug-likeness (QED) is 0.160. The number of thiophene rings is 1. The van der Waals surface area contributed by atoms with Gasteiger partial charge >= 0.3 is 0 Å². The Kier molecular flexibility index (Phi) is 15.1. The van der Waals surface area contributed by atoms with Gasteiger partial charge in [-0.1, -0.05) is 63.5 Å². The van der Waals surface area contributed by atoms with E-state index >= 15 is 0 Å². The summed E-state index contributed by atoms with van der Waals surface area (Å²) in [6.45, 7) is 19.5. The molecule has 35 heavy (non-hydrogen) atoms. The van der Waals surface area contributed by atoms with Crippen molar-refractivity contribution in [2.75, 3.05) is 38.6 Å². The molecule has 0 radical (unpaired) electrons. The van der Waals surface area contributed by atoms with Crippen molar-refractivity contribution in [3.05, 3.63) is 70.2 Å². The van der Waals surface area contributed by atoms with Crippen LogP contribution < -0.4 is 11.1 Å². The van der Waals surface area contributed by atoms with Gasteiger partial charge in [0.1, 0.15) is 6.67 Å². The number of aliphatic imine (C=N–C) groups is 1. The highest BCUT2D eigenvalue weighted by Gasteiger charge is 2.11. The van der Waals surface area contributed by atoms with Gasteiger partial charge in [-0.2, -0.15) is 0 Å². The van der Waals surface area contributed by atoms with Crippen LogP contribution in [0.1, 0.15) is 56.7 Å². The number of nitrogens with zero attached hydrogens (tertiary/aromatic N) is 2. The van der Waals surface area contributed by atoms with Crippen LogP contribution >= 0.6 is 11.3 Å². The molecule has 0 saturated carbocycles. The maximum atomic E-state index is 13.0. The summed E-state index contributed by atoms with van der Waals surface area (Å²) in [4.78, 5) is 8.55. The van der Waals surface area contributed by atoms with E-state index in [4.69, 9.17) is 5.73 Å². The molecule has 6 heteroatoms. The zero-order valence-corrected chi connectivity index (χ0v) is 22.6. The molecule has 0 aliphatic rings. The zero-order chi connectivity index (χ0) is 26.1. The Bertz CT molecular complexity index is 998. The van der Waals surface area contributed by atoms with E-state index in [1.807, 2.05) is 31.4 Å². The molecule has 0 bridgehead atoms. The molecular weight excluding hydrogens is 455 g/mol. The minimum atomic E-state index is -0.569. The fourth-order valence-corrected chi connectivity index (χ4v) is 4.15. The Balaban J connectivity index is 2.81. The van der Waals surface area contributed by atoms with E-state index in [1.165, 1.54) is 6.08 Å². The lowest BCUT2D eigenvalue weighted by molar-refractivity contribution is 0.342. The first-order valence-electron chi connectivity index (χ1n) is 12.2. The molecule has 3 N–H and O–H groups in total. The molecule has 1 rings (SSSR count). The number of rotatable bonds is 15. The highest BCUT2D eigenvalue weighted by Crippen LogP contribution is 2.34. The molecular formula is C29H41FN4S. The number of hydrogen-bond donors (Lipinski definition) is 2. The summed E-state index contributed by atoms with van der Waals surface area (Å²) in [6, 6.07) is 1.94. The second-order valence-corrected chi connectivity index (χ2v) is 9.03. The van der Waals surface area contributed by atoms with Gasteiger partial charge in [-0.25, -0.2) is 4.39 Å². The molecule has 0 fully saturated rings. The molecule has 1 aromatic rings. The van der Waals surface area contributed by atoms with Crippen molar-refractivity contribution in [1.29, 1.82) is 0 Å². The Hall–Kier alpha value is -2.88. The van der Waals surface area contributed by atoms with Crippen molar-refractivity contribution in [3.63, 3.8) is 0 Å². The van der Waals surface area contributed by atoms with E-state index in [0.29, 0.717) is 18.5 Å². The average molecular weight is 497 g/mol. The smallest absolute Gasteiger partial charge is 0.110 e. The van der Waals surface area contributed by atoms with Crippen LogP contribution in [-0.4, -0.2) is 44.0 Å². The third-order valence-electron chi connectivity index (χ3n) is 5.16. The van der Waals surface area contributed by atoms with Crippen LogP contribution in [0.15, 0.2) is 65.5 Å². The summed E-state index contributed by atoms with van der Waals surface area (Å²) < 4.78 is 13.0. The maximum absolute atomic E-state index is 13.0. The molecule has 190 valence electrons. The highest BCUT2D eigenvalue weighted by atomic mass is 32.1. The maximum Gasteiger partial charge on any atom is 0.110 e. The van der Waals surface area contributed by atoms with Gasteiger partial charge in [0.15, 0.2) is 0 Å². The fraction of sp³-hybridized carbons (Fsp3) is 0.414. The summed E-state index contributed by atoms with van der Waals surface area (Å²) in [5.74, 6) is 6.49. The molecule has 0 aliphatic carbocycles. The lowest BCUT2D eigenvalue weighted by Crippen LogP contribution is -2.22. The Morgan fingerprint density at radius 3 is 2.63 bits per heavy atom. The highest BCUT2D eigenvalue weighted by molar-refractivity contribution is 7.14. The predicted octanol–water partition coefficient (Wildman–Crippen LogP) is 6.76. The van der Waals surface area contributed by atoms with E-state index < -0.39 is 6.67 Å². The number of nitrogens with two attached hydrogens (primary N) is 1. The van der Waals surface area contributed by atoms with Crippen molar-refractivity contribution >= 4 is 28.8 Å². The van der Waals surface area contributed by atoms with Gasteiger partial charge in [0, 0.05) is 30.6 Å². The SMILES string of the molecule is C=C(/C=C\C(=C/CF)NC(=C)CC=NCCC)C/C(=C/C)c1sc(C#CCN(CC)CC)cc1N. The van der Waals surface area contributed by atoms with Crippen LogP contribution in [-0.2, 0) is 0 Å². The second kappa shape index (κ2) is 17.5. The van der Waals surface area contributed by atoms with Gasteiger partial charge in [0.25, 0.3) is 0 Å². The van der Waals surface area contributed by atoms with Crippen molar-refractivity contribution in [3.8, 4) is 11.8 Å². The first kappa shape index (κ1) is 30.2. The summed E-state index contributed by atoms with van der Waals surface area (Å²) in [5, 5.41) is 3.15. The number of hydrogen-bond acceptors (Lipinski definition) is 5. The van der Waals surface area contributed by atoms with E-state index in [0.717, 1.165) is 64.9 Å². The average Bonchev–Trinajstić information content (AvgIpc) is 3.21. The molecule has 1 aromatic heterocycles. The van der Waals surface area contributed by atoms with Gasteiger partial charge in [-0.3, -0.25) is 9.89 Å². The van der Waals surface area contributed by atoms with Crippen LogP contribution in [0.25, 0.3) is 5.57 Å². The van der Waals surface area contributed by atoms with Gasteiger partial charge in [-0.05, 0) is 56.6 Å². The monoisotopic (exact) mass is 496 g/mol. The van der Waals surface area contributed by atoms with Crippen molar-refractivity contribution < 1.29 is 4.39 Å². The van der Waals surface area contributed by atoms with Crippen LogP contribution in [0.5, 0.6) is 0 Å². The largest absolute Gasteiger partial charge is 0.398 e. The fourth-order valence-electron chi connectivity index (χ4n) is 3.12. The van der Waals surface area contributed by atoms with Crippen LogP contribution in [0, 0.1) is 11.8 Å². The van der Waals surface area contributed by atoms with E-state index in [1.54, 1.807) is 11.3 Å². The topological polar surface area (TPSA) is 53.7 Å². The van der Waals surface area contributed by atoms with Gasteiger partial charge in [0.2, 0.25) is 0 Å². The third kappa shape index (κ3) is 11.9. The zero-order valence-electron chi connectivity index (χ0n) is 21.8. The lowest BCUT2D eigenvalue weighted by atomic mass is 10.0. The minimum absolute atomic E-state index is 0.569. The number of alkyl halides is 1. The Morgan fingerprint density at radius 2 is 2.00 bits per heavy atom. The Morgan fingerprint density at radius 1 is 1.26 bits per heavy atom. The standard InChI is InChI=1S/C29H41FN4S/c1-7-18-32-19-16-24(6)33-26(15-17-30)14-13-23(5)21-25(8-2)29-28(31)22-27(35-29)12-11-20-34(9-3)10-4/h8,13-15,19,22,33H,5-7,9-10,16-18,20-21,31H2,1-4H3/b14-13-,25-8-,26-15+,32-19?. The number of anilines is 1. The molecule has 0 unspecified atom stereocenters. The Labute approximate surface area is 215 Å². The normalized spacial score (nSPS) is 12.4. The molecule has 0 aliphatic heterocycles. The number of halogens is 1. The van der Waals surface area contributed by atoms with E-state index in [9.17, 15) is 4.39 Å². The third-order valence-corrected chi connectivity index (χ3v) is 6.31. The molecule has 0 spiro atoms. The number of nitrogen functional groups attached to an aromatic ring is 1. The molecule has 1 heterocycles. The minimum Gasteiger partial charge on any atom is -0.398 e. The van der Waals surface area contributed by atoms with Gasteiger partial charge in [0.05, 0.1) is 22.0 Å². The van der Waals surface area contributed by atoms with Crippen LogP contribution in [0.4, 0.5) is 10.1 Å². The first-order valence-corrected chi connectivity index (χ1v) is 13.0. The molecule has 0 amide bonds. The van der Waals surface area contributed by atoms with Gasteiger partial charge in [-0.15, -0.1) is 11.3 Å². The molecule has 4 nitrogen and oxygen atoms in total. The second-order valence-electron chi connectivity index (χ2n) is 7.98. The van der Waals surface area contributed by atoms with E-state index in [2.05, 4.69) is 67.1 Å². The van der Waals surface area contributed by atoms with Crippen LogP contribution in [0.2, 0.25) is 0 Å². The summed E-state index contributed by atoms with van der Waals surface area (Å²) >= 11 is 1.61. The van der Waals surface area contributed by atoms with Crippen molar-refractivity contribution in [2.45, 2.75) is 47.0 Å².